The molecule has 0 aromatic heterocycles. The summed E-state index contributed by atoms with van der Waals surface area (Å²) in [6.07, 6.45) is 0. The number of hydrogen-bond donors (Lipinski definition) is 2. The Kier molecular flexibility index (Phi) is 7.41. The van der Waals surface area contributed by atoms with Crippen molar-refractivity contribution in [1.82, 2.24) is 5.32 Å². The van der Waals surface area contributed by atoms with E-state index >= 15 is 0 Å². The van der Waals surface area contributed by atoms with Gasteiger partial charge in [-0.2, -0.15) is 0 Å². The fourth-order valence-electron chi connectivity index (χ4n) is 2.75. The number of quaternary nitrogens is 1. The molecule has 6 heteroatoms. The maximum Gasteiger partial charge on any atom is 0.275 e. The average molecular weight is 361 g/mol. The van der Waals surface area contributed by atoms with Crippen LogP contribution in [0.5, 0.6) is 11.5 Å². The van der Waals surface area contributed by atoms with Gasteiger partial charge in [0.25, 0.3) is 5.91 Å². The number of para-hydroxylation sites is 1. The molecule has 0 saturated carbocycles. The van der Waals surface area contributed by atoms with Crippen LogP contribution in [0.1, 0.15) is 18.1 Å². The fourth-order valence-corrected chi connectivity index (χ4v) is 2.75. The second-order valence-corrected chi connectivity index (χ2v) is 6.01. The van der Waals surface area contributed by atoms with Gasteiger partial charge in [0.2, 0.25) is 0 Å². The van der Waals surface area contributed by atoms with Crippen LogP contribution < -0.4 is 19.7 Å². The van der Waals surface area contributed by atoms with Gasteiger partial charge in [-0.05, 0) is 31.2 Å². The van der Waals surface area contributed by atoms with Crippen LogP contribution in [0.2, 0.25) is 0 Å². The van der Waals surface area contributed by atoms with Gasteiger partial charge >= 0.3 is 0 Å². The molecule has 1 unspecified atom stereocenters. The summed E-state index contributed by atoms with van der Waals surface area (Å²) in [4.78, 5) is 13.3. The molecular formula is C20H26FN2O3+. The van der Waals surface area contributed by atoms with Crippen molar-refractivity contribution >= 4 is 5.91 Å². The Morgan fingerprint density at radius 1 is 1.12 bits per heavy atom. The molecule has 1 atom stereocenters. The Balaban J connectivity index is 1.90. The summed E-state index contributed by atoms with van der Waals surface area (Å²) in [7, 11) is 3.05. The molecule has 2 aromatic carbocycles. The molecule has 0 aliphatic carbocycles. The van der Waals surface area contributed by atoms with Crippen molar-refractivity contribution in [2.45, 2.75) is 20.0 Å². The van der Waals surface area contributed by atoms with E-state index in [0.29, 0.717) is 19.6 Å². The van der Waals surface area contributed by atoms with Gasteiger partial charge in [-0.3, -0.25) is 4.79 Å². The quantitative estimate of drug-likeness (QED) is 0.713. The van der Waals surface area contributed by atoms with E-state index in [0.717, 1.165) is 28.3 Å². The Hall–Kier alpha value is -2.60. The number of methoxy groups -OCH3 is 2. The lowest BCUT2D eigenvalue weighted by molar-refractivity contribution is -0.904. The lowest BCUT2D eigenvalue weighted by atomic mass is 10.2. The van der Waals surface area contributed by atoms with Crippen LogP contribution in [-0.4, -0.2) is 33.2 Å². The summed E-state index contributed by atoms with van der Waals surface area (Å²) in [5.41, 5.74) is 1.76. The SMILES string of the molecule is CC[NH+](CC(=O)NCc1ccccc1OC)Cc1ccc(OC)c(F)c1. The normalized spacial score (nSPS) is 11.7. The van der Waals surface area contributed by atoms with Gasteiger partial charge in [0.1, 0.15) is 12.3 Å². The van der Waals surface area contributed by atoms with Gasteiger partial charge in [-0.15, -0.1) is 0 Å². The summed E-state index contributed by atoms with van der Waals surface area (Å²) in [6.45, 7) is 4.06. The summed E-state index contributed by atoms with van der Waals surface area (Å²) >= 11 is 0. The van der Waals surface area contributed by atoms with Crippen LogP contribution in [0.25, 0.3) is 0 Å². The second kappa shape index (κ2) is 9.77. The zero-order valence-corrected chi connectivity index (χ0v) is 15.5. The zero-order chi connectivity index (χ0) is 18.9. The van der Waals surface area contributed by atoms with Gasteiger partial charge in [-0.1, -0.05) is 18.2 Å². The van der Waals surface area contributed by atoms with E-state index in [9.17, 15) is 9.18 Å². The maximum atomic E-state index is 13.8. The number of benzene rings is 2. The molecule has 0 aliphatic heterocycles. The standard InChI is InChI=1S/C20H25FN2O3/c1-4-23(13-15-9-10-19(26-3)17(21)11-15)14-20(24)22-12-16-7-5-6-8-18(16)25-2/h5-11H,4,12-14H2,1-3H3,(H,22,24)/p+1. The van der Waals surface area contributed by atoms with Gasteiger partial charge < -0.3 is 19.7 Å². The molecule has 2 aromatic rings. The number of carbonyl (C=O) groups excluding carboxylic acids is 1. The Morgan fingerprint density at radius 2 is 1.85 bits per heavy atom. The molecule has 0 radical (unpaired) electrons. The highest BCUT2D eigenvalue weighted by molar-refractivity contribution is 5.76. The maximum absolute atomic E-state index is 13.8. The lowest BCUT2D eigenvalue weighted by Crippen LogP contribution is -3.11. The fraction of sp³-hybridized carbons (Fsp3) is 0.350. The molecule has 0 saturated heterocycles. The smallest absolute Gasteiger partial charge is 0.275 e. The first-order valence-corrected chi connectivity index (χ1v) is 8.62. The van der Waals surface area contributed by atoms with E-state index in [1.807, 2.05) is 37.3 Å². The third kappa shape index (κ3) is 5.46. The predicted octanol–water partition coefficient (Wildman–Crippen LogP) is 1.56. The monoisotopic (exact) mass is 361 g/mol. The molecule has 0 bridgehead atoms. The molecule has 0 heterocycles. The number of carbonyl (C=O) groups is 1. The average Bonchev–Trinajstić information content (AvgIpc) is 2.66. The summed E-state index contributed by atoms with van der Waals surface area (Å²) in [5, 5.41) is 2.92. The molecule has 5 nitrogen and oxygen atoms in total. The molecule has 140 valence electrons. The van der Waals surface area contributed by atoms with Crippen LogP contribution >= 0.6 is 0 Å². The molecule has 26 heavy (non-hydrogen) atoms. The predicted molar refractivity (Wildman–Crippen MR) is 97.9 cm³/mol. The summed E-state index contributed by atoms with van der Waals surface area (Å²) in [5.74, 6) is 0.533. The first-order chi connectivity index (χ1) is 12.6. The number of halogens is 1. The van der Waals surface area contributed by atoms with Crippen molar-refractivity contribution in [3.8, 4) is 11.5 Å². The summed E-state index contributed by atoms with van der Waals surface area (Å²) < 4.78 is 24.0. The summed E-state index contributed by atoms with van der Waals surface area (Å²) in [6, 6.07) is 12.5. The first kappa shape index (κ1) is 19.7. The van der Waals surface area contributed by atoms with Gasteiger partial charge in [0.05, 0.1) is 20.8 Å². The van der Waals surface area contributed by atoms with Crippen LogP contribution in [-0.2, 0) is 17.9 Å². The van der Waals surface area contributed by atoms with Crippen LogP contribution in [0, 0.1) is 5.82 Å². The van der Waals surface area contributed by atoms with E-state index < -0.39 is 0 Å². The van der Waals surface area contributed by atoms with E-state index in [1.165, 1.54) is 13.2 Å². The van der Waals surface area contributed by atoms with E-state index in [2.05, 4.69) is 5.32 Å². The minimum Gasteiger partial charge on any atom is -0.496 e. The number of rotatable bonds is 9. The highest BCUT2D eigenvalue weighted by Gasteiger charge is 2.15. The van der Waals surface area contributed by atoms with Crippen LogP contribution in [0.3, 0.4) is 0 Å². The third-order valence-corrected chi connectivity index (χ3v) is 4.25. The van der Waals surface area contributed by atoms with Crippen molar-refractivity contribution in [3.63, 3.8) is 0 Å². The van der Waals surface area contributed by atoms with Crippen molar-refractivity contribution in [2.24, 2.45) is 0 Å². The van der Waals surface area contributed by atoms with E-state index in [-0.39, 0.29) is 17.5 Å². The van der Waals surface area contributed by atoms with Crippen LogP contribution in [0.4, 0.5) is 4.39 Å². The van der Waals surface area contributed by atoms with Crippen molar-refractivity contribution < 1.29 is 23.6 Å². The van der Waals surface area contributed by atoms with E-state index in [4.69, 9.17) is 9.47 Å². The number of amides is 1. The molecule has 2 N–H and O–H groups in total. The number of hydrogen-bond acceptors (Lipinski definition) is 3. The number of ether oxygens (including phenoxy) is 2. The largest absolute Gasteiger partial charge is 0.496 e. The minimum absolute atomic E-state index is 0.0539. The van der Waals surface area contributed by atoms with Gasteiger partial charge in [-0.25, -0.2) is 4.39 Å². The molecule has 1 amide bonds. The highest BCUT2D eigenvalue weighted by Crippen LogP contribution is 2.17. The Morgan fingerprint density at radius 3 is 2.50 bits per heavy atom. The molecule has 0 fully saturated rings. The Labute approximate surface area is 153 Å². The lowest BCUT2D eigenvalue weighted by Gasteiger charge is -2.18. The third-order valence-electron chi connectivity index (χ3n) is 4.25. The van der Waals surface area contributed by atoms with E-state index in [1.54, 1.807) is 13.2 Å². The molecule has 0 spiro atoms. The molecule has 0 aliphatic rings. The number of likely N-dealkylation sites (N-methyl/N-ethyl adjacent to an activating group) is 1. The first-order valence-electron chi connectivity index (χ1n) is 8.62. The number of nitrogens with one attached hydrogen (secondary N) is 2. The highest BCUT2D eigenvalue weighted by atomic mass is 19.1. The van der Waals surface area contributed by atoms with Gasteiger partial charge in [0, 0.05) is 17.7 Å². The van der Waals surface area contributed by atoms with Gasteiger partial charge in [0.15, 0.2) is 18.1 Å². The van der Waals surface area contributed by atoms with Crippen LogP contribution in [0.15, 0.2) is 42.5 Å². The molecular weight excluding hydrogens is 335 g/mol. The van der Waals surface area contributed by atoms with Crippen molar-refractivity contribution in [3.05, 3.63) is 59.4 Å². The zero-order valence-electron chi connectivity index (χ0n) is 15.5. The second-order valence-electron chi connectivity index (χ2n) is 6.01. The molecule has 2 rings (SSSR count). The van der Waals surface area contributed by atoms with Crippen molar-refractivity contribution in [1.29, 1.82) is 0 Å². The topological polar surface area (TPSA) is 52.0 Å². The minimum atomic E-state index is -0.388. The Bertz CT molecular complexity index is 737. The van der Waals surface area contributed by atoms with Crippen molar-refractivity contribution in [2.75, 3.05) is 27.3 Å².